The molecule has 1 aromatic rings. The van der Waals surface area contributed by atoms with E-state index >= 15 is 0 Å². The first-order valence-electron chi connectivity index (χ1n) is 10.4. The van der Waals surface area contributed by atoms with Crippen LogP contribution in [0.4, 0.5) is 11.8 Å². The average Bonchev–Trinajstić information content (AvgIpc) is 3.23. The van der Waals surface area contributed by atoms with E-state index in [0.717, 1.165) is 50.2 Å². The molecule has 144 valence electrons. The molecule has 0 amide bonds. The van der Waals surface area contributed by atoms with Crippen molar-refractivity contribution in [3.8, 4) is 0 Å². The lowest BCUT2D eigenvalue weighted by Crippen LogP contribution is -2.50. The van der Waals surface area contributed by atoms with Crippen LogP contribution in [0, 0.1) is 6.92 Å². The highest BCUT2D eigenvalue weighted by atomic mass is 16.5. The van der Waals surface area contributed by atoms with Gasteiger partial charge < -0.3 is 14.5 Å². The maximum absolute atomic E-state index is 5.60. The van der Waals surface area contributed by atoms with E-state index in [1.54, 1.807) is 0 Å². The number of aromatic nitrogens is 2. The standard InChI is InChI=1S/C20H33N5O/c1-16-14-19(22-20(21-16)24-9-3-4-10-24)23-12-7-17(8-13-23)25-11-5-6-18(15-25)26-2/h14,17-18H,3-13,15H2,1-2H3/t18-/m1/s1. The molecule has 4 heterocycles. The SMILES string of the molecule is CO[C@@H]1CCCN(C2CCN(c3cc(C)nc(N4CCCC4)n3)CC2)C1. The minimum absolute atomic E-state index is 0.425. The smallest absolute Gasteiger partial charge is 0.227 e. The summed E-state index contributed by atoms with van der Waals surface area (Å²) < 4.78 is 5.60. The Morgan fingerprint density at radius 1 is 0.923 bits per heavy atom. The Kier molecular flexibility index (Phi) is 5.60. The monoisotopic (exact) mass is 359 g/mol. The van der Waals surface area contributed by atoms with Gasteiger partial charge in [0, 0.05) is 57.6 Å². The van der Waals surface area contributed by atoms with Gasteiger partial charge >= 0.3 is 0 Å². The third-order valence-electron chi connectivity index (χ3n) is 6.27. The summed E-state index contributed by atoms with van der Waals surface area (Å²) in [5.41, 5.74) is 1.08. The second-order valence-corrected chi connectivity index (χ2v) is 8.07. The van der Waals surface area contributed by atoms with Gasteiger partial charge in [-0.25, -0.2) is 4.98 Å². The van der Waals surface area contributed by atoms with Crippen LogP contribution in [0.1, 0.15) is 44.2 Å². The van der Waals surface area contributed by atoms with Crippen LogP contribution in [-0.2, 0) is 4.74 Å². The van der Waals surface area contributed by atoms with E-state index in [2.05, 4.69) is 32.7 Å². The van der Waals surface area contributed by atoms with E-state index in [0.29, 0.717) is 12.1 Å². The Morgan fingerprint density at radius 2 is 1.69 bits per heavy atom. The summed E-state index contributed by atoms with van der Waals surface area (Å²) in [5.74, 6) is 2.05. The van der Waals surface area contributed by atoms with Gasteiger partial charge in [0.25, 0.3) is 0 Å². The lowest BCUT2D eigenvalue weighted by atomic mass is 9.99. The number of nitrogens with zero attached hydrogens (tertiary/aromatic N) is 5. The van der Waals surface area contributed by atoms with Gasteiger partial charge in [0.05, 0.1) is 6.10 Å². The number of aryl methyl sites for hydroxylation is 1. The van der Waals surface area contributed by atoms with Crippen molar-refractivity contribution >= 4 is 11.8 Å². The molecule has 3 aliphatic heterocycles. The number of methoxy groups -OCH3 is 1. The molecular formula is C20H33N5O. The van der Waals surface area contributed by atoms with Crippen LogP contribution in [0.2, 0.25) is 0 Å². The minimum atomic E-state index is 0.425. The third-order valence-corrected chi connectivity index (χ3v) is 6.27. The lowest BCUT2D eigenvalue weighted by molar-refractivity contribution is 0.0102. The van der Waals surface area contributed by atoms with Crippen LogP contribution in [0.15, 0.2) is 6.07 Å². The van der Waals surface area contributed by atoms with Gasteiger partial charge in [-0.1, -0.05) is 0 Å². The molecule has 0 saturated carbocycles. The zero-order valence-electron chi connectivity index (χ0n) is 16.4. The summed E-state index contributed by atoms with van der Waals surface area (Å²) in [6, 6.07) is 2.85. The fourth-order valence-corrected chi connectivity index (χ4v) is 4.71. The van der Waals surface area contributed by atoms with Crippen LogP contribution in [-0.4, -0.2) is 73.4 Å². The molecule has 0 unspecified atom stereocenters. The molecule has 0 radical (unpaired) electrons. The van der Waals surface area contributed by atoms with Crippen LogP contribution < -0.4 is 9.80 Å². The van der Waals surface area contributed by atoms with Gasteiger partial charge in [-0.2, -0.15) is 4.98 Å². The number of ether oxygens (including phenoxy) is 1. The maximum atomic E-state index is 5.60. The second-order valence-electron chi connectivity index (χ2n) is 8.07. The Balaban J connectivity index is 1.38. The summed E-state index contributed by atoms with van der Waals surface area (Å²) >= 11 is 0. The predicted octanol–water partition coefficient (Wildman–Crippen LogP) is 2.46. The van der Waals surface area contributed by atoms with Crippen molar-refractivity contribution in [3.05, 3.63) is 11.8 Å². The number of anilines is 2. The first-order valence-corrected chi connectivity index (χ1v) is 10.4. The van der Waals surface area contributed by atoms with E-state index in [-0.39, 0.29) is 0 Å². The third kappa shape index (κ3) is 3.96. The fraction of sp³-hybridized carbons (Fsp3) is 0.800. The zero-order chi connectivity index (χ0) is 17.9. The van der Waals surface area contributed by atoms with Crippen LogP contribution in [0.3, 0.4) is 0 Å². The lowest BCUT2D eigenvalue weighted by Gasteiger charge is -2.42. The highest BCUT2D eigenvalue weighted by molar-refractivity contribution is 5.46. The molecule has 6 heteroatoms. The summed E-state index contributed by atoms with van der Waals surface area (Å²) in [7, 11) is 1.85. The number of hydrogen-bond acceptors (Lipinski definition) is 6. The van der Waals surface area contributed by atoms with Crippen LogP contribution in [0.5, 0.6) is 0 Å². The minimum Gasteiger partial charge on any atom is -0.380 e. The van der Waals surface area contributed by atoms with E-state index in [1.165, 1.54) is 45.1 Å². The first-order chi connectivity index (χ1) is 12.7. The molecule has 26 heavy (non-hydrogen) atoms. The zero-order valence-corrected chi connectivity index (χ0v) is 16.4. The van der Waals surface area contributed by atoms with Gasteiger partial charge in [-0.05, 0) is 52.0 Å². The Labute approximate surface area is 157 Å². The van der Waals surface area contributed by atoms with Gasteiger partial charge in [0.15, 0.2) is 0 Å². The number of piperidine rings is 2. The summed E-state index contributed by atoms with van der Waals surface area (Å²) in [4.78, 5) is 17.1. The predicted molar refractivity (Wildman–Crippen MR) is 105 cm³/mol. The van der Waals surface area contributed by atoms with E-state index < -0.39 is 0 Å². The molecule has 1 atom stereocenters. The summed E-state index contributed by atoms with van der Waals surface area (Å²) in [6.07, 6.45) is 7.87. The molecule has 6 nitrogen and oxygen atoms in total. The molecule has 0 aromatic carbocycles. The van der Waals surface area contributed by atoms with Gasteiger partial charge in [0.2, 0.25) is 5.95 Å². The fourth-order valence-electron chi connectivity index (χ4n) is 4.71. The summed E-state index contributed by atoms with van der Waals surface area (Å²) in [5, 5.41) is 0. The molecule has 0 bridgehead atoms. The molecule has 3 fully saturated rings. The van der Waals surface area contributed by atoms with Crippen molar-refractivity contribution in [3.63, 3.8) is 0 Å². The molecule has 4 rings (SSSR count). The highest BCUT2D eigenvalue weighted by Crippen LogP contribution is 2.26. The van der Waals surface area contributed by atoms with Gasteiger partial charge in [-0.3, -0.25) is 4.90 Å². The molecule has 3 aliphatic rings. The topological polar surface area (TPSA) is 44.7 Å². The van der Waals surface area contributed by atoms with Crippen molar-refractivity contribution in [2.24, 2.45) is 0 Å². The van der Waals surface area contributed by atoms with Crippen LogP contribution in [0.25, 0.3) is 0 Å². The Hall–Kier alpha value is -1.40. The normalized spacial score (nSPS) is 25.8. The van der Waals surface area contributed by atoms with Crippen molar-refractivity contribution in [1.82, 2.24) is 14.9 Å². The number of likely N-dealkylation sites (tertiary alicyclic amines) is 1. The molecule has 0 aliphatic carbocycles. The van der Waals surface area contributed by atoms with Crippen molar-refractivity contribution < 1.29 is 4.74 Å². The van der Waals surface area contributed by atoms with E-state index in [1.807, 2.05) is 7.11 Å². The van der Waals surface area contributed by atoms with Gasteiger partial charge in [0.1, 0.15) is 5.82 Å². The quantitative estimate of drug-likeness (QED) is 0.823. The molecule has 0 spiro atoms. The van der Waals surface area contributed by atoms with Crippen LogP contribution >= 0.6 is 0 Å². The number of rotatable bonds is 4. The first kappa shape index (κ1) is 18.0. The number of hydrogen-bond donors (Lipinski definition) is 0. The Bertz CT molecular complexity index is 596. The molecule has 1 aromatic heterocycles. The van der Waals surface area contributed by atoms with Crippen molar-refractivity contribution in [2.75, 3.05) is 56.2 Å². The highest BCUT2D eigenvalue weighted by Gasteiger charge is 2.29. The molecule has 3 saturated heterocycles. The average molecular weight is 360 g/mol. The Morgan fingerprint density at radius 3 is 2.42 bits per heavy atom. The molecular weight excluding hydrogens is 326 g/mol. The second kappa shape index (κ2) is 8.09. The van der Waals surface area contributed by atoms with E-state index in [4.69, 9.17) is 9.72 Å². The molecule has 0 N–H and O–H groups in total. The van der Waals surface area contributed by atoms with E-state index in [9.17, 15) is 0 Å². The van der Waals surface area contributed by atoms with Crippen molar-refractivity contribution in [2.45, 2.75) is 57.6 Å². The largest absolute Gasteiger partial charge is 0.380 e. The summed E-state index contributed by atoms with van der Waals surface area (Å²) in [6.45, 7) is 8.81. The maximum Gasteiger partial charge on any atom is 0.227 e. The van der Waals surface area contributed by atoms with Crippen molar-refractivity contribution in [1.29, 1.82) is 0 Å². The van der Waals surface area contributed by atoms with Gasteiger partial charge in [-0.15, -0.1) is 0 Å².